The molecule has 1 aromatic rings. The normalized spacial score (nSPS) is 9.54. The fraction of sp³-hybridized carbons (Fsp3) is 0. The Balaban J connectivity index is 2.49. The fourth-order valence-electron chi connectivity index (χ4n) is 0.625. The molecule has 66 valence electrons. The Labute approximate surface area is 73.0 Å². The predicted octanol–water partition coefficient (Wildman–Crippen LogP) is 2.06. The molecule has 1 rings (SSSR count). The minimum atomic E-state index is -0.755. The lowest BCUT2D eigenvalue weighted by molar-refractivity contribution is -0.137. The van der Waals surface area contributed by atoms with Gasteiger partial charge in [-0.2, -0.15) is 0 Å². The van der Waals surface area contributed by atoms with Crippen LogP contribution in [0.4, 0.5) is 0 Å². The average Bonchev–Trinajstić information content (AvgIpc) is 2.64. The van der Waals surface area contributed by atoms with Crippen molar-refractivity contribution in [1.29, 1.82) is 0 Å². The molecule has 0 aliphatic heterocycles. The number of furan rings is 1. The summed E-state index contributed by atoms with van der Waals surface area (Å²) in [4.78, 5) is 17.0. The van der Waals surface area contributed by atoms with Gasteiger partial charge in [-0.3, -0.25) is 0 Å². The first kappa shape index (κ1) is 8.89. The van der Waals surface area contributed by atoms with Crippen LogP contribution < -0.4 is 0 Å². The van der Waals surface area contributed by atoms with Crippen molar-refractivity contribution in [3.8, 4) is 0 Å². The van der Waals surface area contributed by atoms with Crippen molar-refractivity contribution in [3.05, 3.63) is 40.7 Å². The van der Waals surface area contributed by atoms with Crippen molar-refractivity contribution < 1.29 is 14.0 Å². The highest BCUT2D eigenvalue weighted by atomic mass is 16.7. The number of nitrogens with zero attached hydrogens (tertiary/aromatic N) is 3. The largest absolute Gasteiger partial charge is 0.465 e. The van der Waals surface area contributed by atoms with Crippen molar-refractivity contribution in [2.75, 3.05) is 0 Å². The lowest BCUT2D eigenvalue weighted by atomic mass is 10.4. The van der Waals surface area contributed by atoms with Gasteiger partial charge in [0.1, 0.15) is 11.0 Å². The van der Waals surface area contributed by atoms with Gasteiger partial charge >= 0.3 is 5.97 Å². The maximum atomic E-state index is 10.7. The third-order valence-corrected chi connectivity index (χ3v) is 1.09. The SMILES string of the molecule is [N-]=[N+]=NOC(=O)C=Cc1ccco1. The molecule has 0 aliphatic carbocycles. The predicted molar refractivity (Wildman–Crippen MR) is 43.0 cm³/mol. The molecule has 0 spiro atoms. The highest BCUT2D eigenvalue weighted by Gasteiger charge is 1.94. The number of azide groups is 1. The van der Waals surface area contributed by atoms with Gasteiger partial charge in [0.05, 0.1) is 6.26 Å². The molecule has 0 radical (unpaired) electrons. The van der Waals surface area contributed by atoms with Crippen LogP contribution in [0.15, 0.2) is 34.2 Å². The average molecular weight is 179 g/mol. The zero-order valence-electron chi connectivity index (χ0n) is 6.45. The molecular formula is C7H5N3O3. The second-order valence-electron chi connectivity index (χ2n) is 1.93. The zero-order chi connectivity index (χ0) is 9.52. The van der Waals surface area contributed by atoms with E-state index >= 15 is 0 Å². The van der Waals surface area contributed by atoms with Crippen LogP contribution in [-0.2, 0) is 9.63 Å². The lowest BCUT2D eigenvalue weighted by Gasteiger charge is -1.86. The van der Waals surface area contributed by atoms with Gasteiger partial charge in [-0.05, 0) is 23.7 Å². The van der Waals surface area contributed by atoms with Crippen molar-refractivity contribution >= 4 is 12.0 Å². The Morgan fingerprint density at radius 3 is 3.23 bits per heavy atom. The van der Waals surface area contributed by atoms with E-state index in [0.717, 1.165) is 6.08 Å². The van der Waals surface area contributed by atoms with E-state index in [1.165, 1.54) is 12.3 Å². The Bertz CT molecular complexity index is 349. The van der Waals surface area contributed by atoms with E-state index in [9.17, 15) is 4.79 Å². The molecule has 0 aromatic carbocycles. The van der Waals surface area contributed by atoms with E-state index in [1.807, 2.05) is 0 Å². The maximum absolute atomic E-state index is 10.7. The Kier molecular flexibility index (Phi) is 3.17. The second-order valence-corrected chi connectivity index (χ2v) is 1.93. The Morgan fingerprint density at radius 2 is 2.62 bits per heavy atom. The summed E-state index contributed by atoms with van der Waals surface area (Å²) in [5.41, 5.74) is 7.81. The Morgan fingerprint density at radius 1 is 1.77 bits per heavy atom. The molecular weight excluding hydrogens is 174 g/mol. The molecule has 0 fully saturated rings. The number of hydrogen-bond donors (Lipinski definition) is 0. The van der Waals surface area contributed by atoms with Gasteiger partial charge in [0, 0.05) is 11.0 Å². The molecule has 1 heterocycles. The van der Waals surface area contributed by atoms with E-state index in [1.54, 1.807) is 12.1 Å². The standard InChI is InChI=1S/C7H5N3O3/c8-9-10-13-7(11)4-3-6-2-1-5-12-6/h1-5H. The van der Waals surface area contributed by atoms with Gasteiger partial charge in [-0.15, -0.1) is 0 Å². The fourth-order valence-corrected chi connectivity index (χ4v) is 0.625. The maximum Gasteiger partial charge on any atom is 0.342 e. The van der Waals surface area contributed by atoms with Crippen molar-refractivity contribution in [3.63, 3.8) is 0 Å². The van der Waals surface area contributed by atoms with Gasteiger partial charge in [-0.25, -0.2) is 4.79 Å². The minimum Gasteiger partial charge on any atom is -0.465 e. The Hall–Kier alpha value is -2.20. The lowest BCUT2D eigenvalue weighted by Crippen LogP contribution is -1.91. The quantitative estimate of drug-likeness (QED) is 0.234. The van der Waals surface area contributed by atoms with Crippen LogP contribution in [-0.4, -0.2) is 5.97 Å². The third-order valence-electron chi connectivity index (χ3n) is 1.09. The minimum absolute atomic E-state index is 0.512. The number of carbonyl (C=O) groups excluding carboxylic acids is 1. The molecule has 0 amide bonds. The second kappa shape index (κ2) is 4.63. The smallest absolute Gasteiger partial charge is 0.342 e. The van der Waals surface area contributed by atoms with Crippen LogP contribution in [0.25, 0.3) is 16.5 Å². The highest BCUT2D eigenvalue weighted by Crippen LogP contribution is 2.02. The van der Waals surface area contributed by atoms with Crippen LogP contribution in [0.1, 0.15) is 5.76 Å². The molecule has 0 aliphatic rings. The summed E-state index contributed by atoms with van der Waals surface area (Å²) >= 11 is 0. The monoisotopic (exact) mass is 179 g/mol. The molecule has 0 unspecified atom stereocenters. The van der Waals surface area contributed by atoms with Crippen LogP contribution >= 0.6 is 0 Å². The van der Waals surface area contributed by atoms with Crippen LogP contribution in [0.5, 0.6) is 0 Å². The summed E-state index contributed by atoms with van der Waals surface area (Å²) in [6.07, 6.45) is 3.96. The van der Waals surface area contributed by atoms with Crippen molar-refractivity contribution in [1.82, 2.24) is 0 Å². The third kappa shape index (κ3) is 3.13. The number of rotatable bonds is 3. The van der Waals surface area contributed by atoms with Crippen LogP contribution in [0.3, 0.4) is 0 Å². The van der Waals surface area contributed by atoms with E-state index < -0.39 is 5.97 Å². The van der Waals surface area contributed by atoms with Crippen LogP contribution in [0, 0.1) is 0 Å². The molecule has 13 heavy (non-hydrogen) atoms. The first-order valence-electron chi connectivity index (χ1n) is 3.30. The van der Waals surface area contributed by atoms with E-state index in [-0.39, 0.29) is 0 Å². The van der Waals surface area contributed by atoms with E-state index in [0.29, 0.717) is 5.76 Å². The first-order chi connectivity index (χ1) is 6.33. The molecule has 0 atom stereocenters. The van der Waals surface area contributed by atoms with Gasteiger partial charge in [0.25, 0.3) is 0 Å². The van der Waals surface area contributed by atoms with Gasteiger partial charge < -0.3 is 9.25 Å². The van der Waals surface area contributed by atoms with E-state index in [2.05, 4.69) is 15.0 Å². The zero-order valence-corrected chi connectivity index (χ0v) is 6.45. The summed E-state index contributed by atoms with van der Waals surface area (Å²) in [5.74, 6) is -0.243. The van der Waals surface area contributed by atoms with Gasteiger partial charge in [0.15, 0.2) is 0 Å². The number of carbonyl (C=O) groups is 1. The summed E-state index contributed by atoms with van der Waals surface area (Å²) in [7, 11) is 0. The number of hydrogen-bond acceptors (Lipinski definition) is 4. The highest BCUT2D eigenvalue weighted by molar-refractivity contribution is 5.86. The molecule has 1 aromatic heterocycles. The molecule has 0 saturated heterocycles. The summed E-state index contributed by atoms with van der Waals surface area (Å²) in [6.45, 7) is 0. The summed E-state index contributed by atoms with van der Waals surface area (Å²) < 4.78 is 4.89. The van der Waals surface area contributed by atoms with Crippen LogP contribution in [0.2, 0.25) is 0 Å². The van der Waals surface area contributed by atoms with Gasteiger partial charge in [-0.1, -0.05) is 0 Å². The molecule has 0 N–H and O–H groups in total. The summed E-state index contributed by atoms with van der Waals surface area (Å²) in [6, 6.07) is 3.34. The summed E-state index contributed by atoms with van der Waals surface area (Å²) in [5, 5.41) is 2.62. The first-order valence-corrected chi connectivity index (χ1v) is 3.30. The topological polar surface area (TPSA) is 88.2 Å². The van der Waals surface area contributed by atoms with Gasteiger partial charge in [0.2, 0.25) is 0 Å². The van der Waals surface area contributed by atoms with Crippen molar-refractivity contribution in [2.45, 2.75) is 0 Å². The molecule has 0 bridgehead atoms. The molecule has 6 heteroatoms. The van der Waals surface area contributed by atoms with Crippen molar-refractivity contribution in [2.24, 2.45) is 5.28 Å². The van der Waals surface area contributed by atoms with E-state index in [4.69, 9.17) is 9.95 Å². The molecule has 0 saturated carbocycles. The molecule has 6 nitrogen and oxygen atoms in total.